The smallest absolute Gasteiger partial charge is 0.367 e. The molecule has 8 heteroatoms. The average molecular weight is 336 g/mol. The minimum Gasteiger partial charge on any atom is -0.367 e. The van der Waals surface area contributed by atoms with Crippen LogP contribution in [0.2, 0.25) is 5.02 Å². The molecule has 0 bridgehead atoms. The molecule has 0 aromatic carbocycles. The number of carbonyl (C=O) groups excluding carboxylic acids is 1. The van der Waals surface area contributed by atoms with Crippen molar-refractivity contribution in [1.29, 1.82) is 0 Å². The zero-order valence-electron chi connectivity index (χ0n) is 11.9. The predicted octanol–water partition coefficient (Wildman–Crippen LogP) is 3.57. The Morgan fingerprint density at radius 3 is 2.77 bits per heavy atom. The van der Waals surface area contributed by atoms with E-state index < -0.39 is 11.7 Å². The van der Waals surface area contributed by atoms with Crippen LogP contribution in [0.1, 0.15) is 31.2 Å². The number of rotatable bonds is 4. The van der Waals surface area contributed by atoms with Gasteiger partial charge in [0.15, 0.2) is 0 Å². The van der Waals surface area contributed by atoms with Gasteiger partial charge in [0.25, 0.3) is 0 Å². The molecular weight excluding hydrogens is 319 g/mol. The van der Waals surface area contributed by atoms with E-state index in [1.165, 1.54) is 0 Å². The Hall–Kier alpha value is -1.50. The summed E-state index contributed by atoms with van der Waals surface area (Å²) in [6, 6.07) is 0.841. The summed E-state index contributed by atoms with van der Waals surface area (Å²) in [6.07, 6.45) is -0.236. The number of nitrogens with zero attached hydrogens (tertiary/aromatic N) is 2. The first-order chi connectivity index (χ1) is 10.4. The van der Waals surface area contributed by atoms with Crippen LogP contribution in [0.5, 0.6) is 0 Å². The molecule has 1 amide bonds. The fourth-order valence-corrected chi connectivity index (χ4v) is 2.54. The van der Waals surface area contributed by atoms with Gasteiger partial charge >= 0.3 is 6.18 Å². The third-order valence-electron chi connectivity index (χ3n) is 3.51. The van der Waals surface area contributed by atoms with Gasteiger partial charge in [-0.15, -0.1) is 0 Å². The zero-order valence-corrected chi connectivity index (χ0v) is 12.7. The predicted molar refractivity (Wildman–Crippen MR) is 77.8 cm³/mol. The zero-order chi connectivity index (χ0) is 16.2. The molecule has 0 radical (unpaired) electrons. The number of likely N-dealkylation sites (tertiary alicyclic amines) is 1. The molecule has 0 unspecified atom stereocenters. The number of aromatic nitrogens is 1. The van der Waals surface area contributed by atoms with Gasteiger partial charge in [-0.2, -0.15) is 13.2 Å². The van der Waals surface area contributed by atoms with E-state index in [1.54, 1.807) is 4.90 Å². The maximum Gasteiger partial charge on any atom is 0.417 e. The quantitative estimate of drug-likeness (QED) is 0.915. The highest BCUT2D eigenvalue weighted by Gasteiger charge is 2.31. The number of hydrogen-bond donors (Lipinski definition) is 1. The number of carbonyl (C=O) groups is 1. The molecule has 1 aliphatic rings. The number of alkyl halides is 3. The number of halogens is 4. The fourth-order valence-electron chi connectivity index (χ4n) is 2.31. The SMILES string of the molecule is O=C1CCCCCN1CCNc1ncc(C(F)(F)F)cc1Cl. The molecule has 2 rings (SSSR count). The molecule has 0 atom stereocenters. The molecule has 1 aliphatic heterocycles. The highest BCUT2D eigenvalue weighted by Crippen LogP contribution is 2.32. The largest absolute Gasteiger partial charge is 0.417 e. The topological polar surface area (TPSA) is 45.2 Å². The van der Waals surface area contributed by atoms with Gasteiger partial charge in [0, 0.05) is 32.3 Å². The van der Waals surface area contributed by atoms with E-state index in [0.29, 0.717) is 26.1 Å². The second-order valence-corrected chi connectivity index (χ2v) is 5.58. The van der Waals surface area contributed by atoms with Gasteiger partial charge in [0.1, 0.15) is 5.82 Å². The molecule has 1 aromatic rings. The highest BCUT2D eigenvalue weighted by atomic mass is 35.5. The van der Waals surface area contributed by atoms with Gasteiger partial charge in [0.05, 0.1) is 10.6 Å². The minimum absolute atomic E-state index is 0.0861. The van der Waals surface area contributed by atoms with E-state index in [1.807, 2.05) is 0 Å². The monoisotopic (exact) mass is 335 g/mol. The summed E-state index contributed by atoms with van der Waals surface area (Å²) in [5.41, 5.74) is -0.884. The molecule has 0 aliphatic carbocycles. The van der Waals surface area contributed by atoms with Crippen molar-refractivity contribution >= 4 is 23.3 Å². The second kappa shape index (κ2) is 7.17. The summed E-state index contributed by atoms with van der Waals surface area (Å²) in [4.78, 5) is 17.3. The van der Waals surface area contributed by atoms with Crippen LogP contribution in [-0.4, -0.2) is 35.4 Å². The number of anilines is 1. The molecule has 0 spiro atoms. The second-order valence-electron chi connectivity index (χ2n) is 5.17. The summed E-state index contributed by atoms with van der Waals surface area (Å²) in [7, 11) is 0. The van der Waals surface area contributed by atoms with Crippen molar-refractivity contribution in [3.8, 4) is 0 Å². The minimum atomic E-state index is -4.46. The van der Waals surface area contributed by atoms with E-state index in [-0.39, 0.29) is 16.7 Å². The molecule has 1 fully saturated rings. The molecule has 4 nitrogen and oxygen atoms in total. The average Bonchev–Trinajstić information content (AvgIpc) is 2.64. The molecule has 22 heavy (non-hydrogen) atoms. The van der Waals surface area contributed by atoms with Crippen molar-refractivity contribution in [3.05, 3.63) is 22.8 Å². The summed E-state index contributed by atoms with van der Waals surface area (Å²) >= 11 is 5.81. The number of amides is 1. The van der Waals surface area contributed by atoms with Crippen LogP contribution < -0.4 is 5.32 Å². The van der Waals surface area contributed by atoms with Crippen LogP contribution >= 0.6 is 11.6 Å². The Labute approximate surface area is 131 Å². The lowest BCUT2D eigenvalue weighted by molar-refractivity contribution is -0.137. The third kappa shape index (κ3) is 4.50. The standard InChI is InChI=1S/C14H17ClF3N3O/c15-11-8-10(14(16,17)18)9-20-13(11)19-5-7-21-6-3-1-2-4-12(21)22/h8-9H,1-7H2,(H,19,20). The van der Waals surface area contributed by atoms with Gasteiger partial charge in [0.2, 0.25) is 5.91 Å². The Balaban J connectivity index is 1.90. The van der Waals surface area contributed by atoms with E-state index in [0.717, 1.165) is 31.5 Å². The maximum atomic E-state index is 12.5. The third-order valence-corrected chi connectivity index (χ3v) is 3.80. The Bertz CT molecular complexity index is 537. The van der Waals surface area contributed by atoms with E-state index in [2.05, 4.69) is 10.3 Å². The molecule has 0 saturated carbocycles. The van der Waals surface area contributed by atoms with E-state index >= 15 is 0 Å². The number of nitrogens with one attached hydrogen (secondary N) is 1. The molecule has 1 aromatic heterocycles. The molecule has 122 valence electrons. The van der Waals surface area contributed by atoms with Gasteiger partial charge in [-0.1, -0.05) is 18.0 Å². The van der Waals surface area contributed by atoms with Crippen LogP contribution in [0, 0.1) is 0 Å². The summed E-state index contributed by atoms with van der Waals surface area (Å²) in [6.45, 7) is 1.59. The first-order valence-electron chi connectivity index (χ1n) is 7.12. The number of hydrogen-bond acceptors (Lipinski definition) is 3. The van der Waals surface area contributed by atoms with Crippen molar-refractivity contribution in [2.24, 2.45) is 0 Å². The van der Waals surface area contributed by atoms with Gasteiger partial charge in [-0.05, 0) is 18.9 Å². The fraction of sp³-hybridized carbons (Fsp3) is 0.571. The van der Waals surface area contributed by atoms with Crippen LogP contribution in [0.3, 0.4) is 0 Å². The lowest BCUT2D eigenvalue weighted by Gasteiger charge is -2.21. The highest BCUT2D eigenvalue weighted by molar-refractivity contribution is 6.32. The van der Waals surface area contributed by atoms with Gasteiger partial charge in [-0.3, -0.25) is 4.79 Å². The lowest BCUT2D eigenvalue weighted by atomic mass is 10.2. The molecular formula is C14H17ClF3N3O. The Morgan fingerprint density at radius 2 is 2.09 bits per heavy atom. The van der Waals surface area contributed by atoms with Gasteiger partial charge < -0.3 is 10.2 Å². The first kappa shape index (κ1) is 16.9. The van der Waals surface area contributed by atoms with Crippen molar-refractivity contribution in [1.82, 2.24) is 9.88 Å². The summed E-state index contributed by atoms with van der Waals surface area (Å²) < 4.78 is 37.5. The summed E-state index contributed by atoms with van der Waals surface area (Å²) in [5.74, 6) is 0.308. The van der Waals surface area contributed by atoms with Crippen molar-refractivity contribution in [3.63, 3.8) is 0 Å². The molecule has 2 heterocycles. The van der Waals surface area contributed by atoms with E-state index in [9.17, 15) is 18.0 Å². The van der Waals surface area contributed by atoms with Crippen LogP contribution in [0.4, 0.5) is 19.0 Å². The van der Waals surface area contributed by atoms with Crippen molar-refractivity contribution in [2.75, 3.05) is 25.0 Å². The Morgan fingerprint density at radius 1 is 1.32 bits per heavy atom. The number of pyridine rings is 1. The normalized spacial score (nSPS) is 16.5. The lowest BCUT2D eigenvalue weighted by Crippen LogP contribution is -2.34. The van der Waals surface area contributed by atoms with Crippen molar-refractivity contribution in [2.45, 2.75) is 31.9 Å². The first-order valence-corrected chi connectivity index (χ1v) is 7.50. The van der Waals surface area contributed by atoms with Crippen LogP contribution in [0.25, 0.3) is 0 Å². The Kier molecular flexibility index (Phi) is 5.50. The van der Waals surface area contributed by atoms with Crippen LogP contribution in [0.15, 0.2) is 12.3 Å². The maximum absolute atomic E-state index is 12.5. The van der Waals surface area contributed by atoms with Crippen LogP contribution in [-0.2, 0) is 11.0 Å². The van der Waals surface area contributed by atoms with Gasteiger partial charge in [-0.25, -0.2) is 4.98 Å². The molecule has 1 N–H and O–H groups in total. The van der Waals surface area contributed by atoms with Crippen molar-refractivity contribution < 1.29 is 18.0 Å². The van der Waals surface area contributed by atoms with E-state index in [4.69, 9.17) is 11.6 Å². The summed E-state index contributed by atoms with van der Waals surface area (Å²) in [5, 5.41) is 2.79. The molecule has 1 saturated heterocycles.